The second-order valence-corrected chi connectivity index (χ2v) is 2.91. The van der Waals surface area contributed by atoms with Crippen LogP contribution in [-0.4, -0.2) is 15.4 Å². The van der Waals surface area contributed by atoms with Crippen LogP contribution in [0.15, 0.2) is 29.2 Å². The first kappa shape index (κ1) is 7.17. The second-order valence-electron chi connectivity index (χ2n) is 2.12. The fourth-order valence-corrected chi connectivity index (χ4v) is 1.28. The Labute approximate surface area is 72.0 Å². The number of furan rings is 1. The summed E-state index contributed by atoms with van der Waals surface area (Å²) in [6, 6.07) is 1.61. The molecular formula is C7H4N2O2S. The molecule has 12 heavy (non-hydrogen) atoms. The lowest BCUT2D eigenvalue weighted by Gasteiger charge is -1.86. The molecule has 0 fully saturated rings. The molecule has 60 valence electrons. The van der Waals surface area contributed by atoms with Gasteiger partial charge in [0, 0.05) is 0 Å². The molecule has 2 rings (SSSR count). The van der Waals surface area contributed by atoms with E-state index in [2.05, 4.69) is 9.59 Å². The van der Waals surface area contributed by atoms with Crippen LogP contribution in [0, 0.1) is 0 Å². The summed E-state index contributed by atoms with van der Waals surface area (Å²) in [5.74, 6) is -0.0984. The summed E-state index contributed by atoms with van der Waals surface area (Å²) in [7, 11) is 0. The van der Waals surface area contributed by atoms with E-state index in [-0.39, 0.29) is 5.78 Å². The van der Waals surface area contributed by atoms with E-state index >= 15 is 0 Å². The van der Waals surface area contributed by atoms with E-state index in [4.69, 9.17) is 4.42 Å². The Kier molecular flexibility index (Phi) is 1.71. The number of aromatic nitrogens is 2. The van der Waals surface area contributed by atoms with Gasteiger partial charge in [-0.15, -0.1) is 5.10 Å². The number of nitrogens with zero attached hydrogens (tertiary/aromatic N) is 2. The molecule has 0 aliphatic carbocycles. The molecule has 0 N–H and O–H groups in total. The Balaban J connectivity index is 2.34. The van der Waals surface area contributed by atoms with Gasteiger partial charge in [-0.3, -0.25) is 4.79 Å². The molecule has 5 heteroatoms. The lowest BCUT2D eigenvalue weighted by Crippen LogP contribution is -1.95. The molecular weight excluding hydrogens is 176 g/mol. The minimum Gasteiger partial charge on any atom is -0.472 e. The number of rotatable bonds is 2. The molecule has 0 saturated heterocycles. The molecule has 0 aliphatic rings. The molecule has 0 radical (unpaired) electrons. The fraction of sp³-hybridized carbons (Fsp3) is 0. The molecule has 0 aliphatic heterocycles. The minimum atomic E-state index is -0.0984. The number of hydrogen-bond acceptors (Lipinski definition) is 5. The van der Waals surface area contributed by atoms with Gasteiger partial charge in [0.15, 0.2) is 0 Å². The summed E-state index contributed by atoms with van der Waals surface area (Å²) in [5.41, 5.74) is 0.529. The first-order valence-electron chi connectivity index (χ1n) is 3.22. The Hall–Kier alpha value is -1.49. The number of carbonyl (C=O) groups is 1. The molecule has 4 nitrogen and oxygen atoms in total. The van der Waals surface area contributed by atoms with Crippen LogP contribution in [0.3, 0.4) is 0 Å². The van der Waals surface area contributed by atoms with Crippen LogP contribution < -0.4 is 0 Å². The Morgan fingerprint density at radius 3 is 3.08 bits per heavy atom. The van der Waals surface area contributed by atoms with Gasteiger partial charge in [-0.2, -0.15) is 0 Å². The molecule has 0 atom stereocenters. The van der Waals surface area contributed by atoms with Crippen LogP contribution in [0.5, 0.6) is 0 Å². The highest BCUT2D eigenvalue weighted by Gasteiger charge is 2.11. The van der Waals surface area contributed by atoms with Crippen molar-refractivity contribution in [3.8, 4) is 0 Å². The van der Waals surface area contributed by atoms with Crippen molar-refractivity contribution in [2.45, 2.75) is 0 Å². The number of carbonyl (C=O) groups excluding carboxylic acids is 1. The van der Waals surface area contributed by atoms with Crippen molar-refractivity contribution in [2.75, 3.05) is 0 Å². The number of ketones is 1. The topological polar surface area (TPSA) is 56.0 Å². The van der Waals surface area contributed by atoms with E-state index in [0.717, 1.165) is 11.5 Å². The first-order chi connectivity index (χ1) is 5.88. The summed E-state index contributed by atoms with van der Waals surface area (Å²) in [6.45, 7) is 0. The van der Waals surface area contributed by atoms with Gasteiger partial charge in [0.1, 0.15) is 11.1 Å². The SMILES string of the molecule is O=C(c1ccoc1)c1cnns1. The van der Waals surface area contributed by atoms with Crippen LogP contribution in [0.2, 0.25) is 0 Å². The van der Waals surface area contributed by atoms with Gasteiger partial charge in [-0.1, -0.05) is 4.49 Å². The predicted octanol–water partition coefficient (Wildman–Crippen LogP) is 1.36. The van der Waals surface area contributed by atoms with Crippen LogP contribution in [0.1, 0.15) is 15.2 Å². The van der Waals surface area contributed by atoms with Crippen molar-refractivity contribution in [1.29, 1.82) is 0 Å². The van der Waals surface area contributed by atoms with Crippen molar-refractivity contribution in [3.05, 3.63) is 35.2 Å². The van der Waals surface area contributed by atoms with E-state index in [1.54, 1.807) is 6.07 Å². The Morgan fingerprint density at radius 1 is 1.58 bits per heavy atom. The lowest BCUT2D eigenvalue weighted by atomic mass is 10.2. The normalized spacial score (nSPS) is 10.0. The molecule has 0 bridgehead atoms. The van der Waals surface area contributed by atoms with Crippen molar-refractivity contribution >= 4 is 17.3 Å². The molecule has 2 aromatic heterocycles. The van der Waals surface area contributed by atoms with E-state index in [0.29, 0.717) is 10.4 Å². The van der Waals surface area contributed by atoms with Gasteiger partial charge in [0.2, 0.25) is 5.78 Å². The van der Waals surface area contributed by atoms with Crippen LogP contribution in [0.4, 0.5) is 0 Å². The maximum absolute atomic E-state index is 11.4. The van der Waals surface area contributed by atoms with Crippen molar-refractivity contribution in [1.82, 2.24) is 9.59 Å². The minimum absolute atomic E-state index is 0.0984. The van der Waals surface area contributed by atoms with Gasteiger partial charge in [0.05, 0.1) is 18.0 Å². The highest BCUT2D eigenvalue weighted by atomic mass is 32.1. The molecule has 0 unspecified atom stereocenters. The maximum atomic E-state index is 11.4. The van der Waals surface area contributed by atoms with Crippen LogP contribution in [-0.2, 0) is 0 Å². The quantitative estimate of drug-likeness (QED) is 0.655. The summed E-state index contributed by atoms with van der Waals surface area (Å²) in [4.78, 5) is 12.0. The highest BCUT2D eigenvalue weighted by molar-refractivity contribution is 7.08. The van der Waals surface area contributed by atoms with E-state index in [1.807, 2.05) is 0 Å². The third-order valence-corrected chi connectivity index (χ3v) is 2.03. The zero-order valence-corrected chi connectivity index (χ0v) is 6.75. The summed E-state index contributed by atoms with van der Waals surface area (Å²) >= 11 is 1.08. The van der Waals surface area contributed by atoms with E-state index in [9.17, 15) is 4.79 Å². The average molecular weight is 180 g/mol. The van der Waals surface area contributed by atoms with Gasteiger partial charge >= 0.3 is 0 Å². The lowest BCUT2D eigenvalue weighted by molar-refractivity contribution is 0.104. The molecule has 0 aromatic carbocycles. The third-order valence-electron chi connectivity index (χ3n) is 1.37. The van der Waals surface area contributed by atoms with Crippen molar-refractivity contribution in [2.24, 2.45) is 0 Å². The number of hydrogen-bond donors (Lipinski definition) is 0. The van der Waals surface area contributed by atoms with Crippen molar-refractivity contribution < 1.29 is 9.21 Å². The Morgan fingerprint density at radius 2 is 2.50 bits per heavy atom. The monoisotopic (exact) mass is 180 g/mol. The zero-order valence-electron chi connectivity index (χ0n) is 5.93. The average Bonchev–Trinajstić information content (AvgIpc) is 2.77. The summed E-state index contributed by atoms with van der Waals surface area (Å²) in [5, 5.41) is 3.57. The first-order valence-corrected chi connectivity index (χ1v) is 3.99. The highest BCUT2D eigenvalue weighted by Crippen LogP contribution is 2.11. The molecule has 2 aromatic rings. The van der Waals surface area contributed by atoms with Crippen LogP contribution >= 0.6 is 11.5 Å². The maximum Gasteiger partial charge on any atom is 0.209 e. The van der Waals surface area contributed by atoms with E-state index in [1.165, 1.54) is 18.7 Å². The van der Waals surface area contributed by atoms with Gasteiger partial charge in [0.25, 0.3) is 0 Å². The second kappa shape index (κ2) is 2.86. The largest absolute Gasteiger partial charge is 0.472 e. The molecule has 0 saturated carbocycles. The van der Waals surface area contributed by atoms with Gasteiger partial charge in [-0.25, -0.2) is 0 Å². The smallest absolute Gasteiger partial charge is 0.209 e. The molecule has 0 amide bonds. The van der Waals surface area contributed by atoms with Gasteiger partial charge in [-0.05, 0) is 17.6 Å². The fourth-order valence-electron chi connectivity index (χ4n) is 0.803. The molecule has 0 spiro atoms. The zero-order chi connectivity index (χ0) is 8.39. The standard InChI is InChI=1S/C7H4N2O2S/c10-7(5-1-2-11-4-5)6-3-8-9-12-6/h1-4H. The van der Waals surface area contributed by atoms with Gasteiger partial charge < -0.3 is 4.42 Å². The van der Waals surface area contributed by atoms with Crippen LogP contribution in [0.25, 0.3) is 0 Å². The summed E-state index contributed by atoms with van der Waals surface area (Å²) in [6.07, 6.45) is 4.31. The Bertz CT molecular complexity index is 330. The van der Waals surface area contributed by atoms with E-state index < -0.39 is 0 Å². The molecule has 2 heterocycles. The third kappa shape index (κ3) is 1.14. The summed E-state index contributed by atoms with van der Waals surface area (Å²) < 4.78 is 8.37. The predicted molar refractivity (Wildman–Crippen MR) is 42.0 cm³/mol. The van der Waals surface area contributed by atoms with Crippen molar-refractivity contribution in [3.63, 3.8) is 0 Å².